The van der Waals surface area contributed by atoms with Crippen molar-refractivity contribution in [1.29, 1.82) is 0 Å². The fourth-order valence-electron chi connectivity index (χ4n) is 3.80. The van der Waals surface area contributed by atoms with Crippen molar-refractivity contribution in [3.8, 4) is 17.2 Å². The highest BCUT2D eigenvalue weighted by atomic mass is 16.5. The third-order valence-corrected chi connectivity index (χ3v) is 5.42. The smallest absolute Gasteiger partial charge is 0.185 e. The number of benzene rings is 2. The lowest BCUT2D eigenvalue weighted by Crippen LogP contribution is -2.05. The molecule has 1 saturated carbocycles. The van der Waals surface area contributed by atoms with Crippen LogP contribution in [0, 0.1) is 0 Å². The van der Waals surface area contributed by atoms with Gasteiger partial charge >= 0.3 is 0 Å². The summed E-state index contributed by atoms with van der Waals surface area (Å²) < 4.78 is 16.0. The Morgan fingerprint density at radius 2 is 1.46 bits per heavy atom. The minimum absolute atomic E-state index is 0.0352. The number of hydrogen-bond donors (Lipinski definition) is 0. The second-order valence-corrected chi connectivity index (χ2v) is 7.10. The second kappa shape index (κ2) is 9.45. The molecule has 1 aliphatic rings. The van der Waals surface area contributed by atoms with Gasteiger partial charge in [0.2, 0.25) is 0 Å². The molecule has 1 aliphatic carbocycles. The number of rotatable bonds is 7. The summed E-state index contributed by atoms with van der Waals surface area (Å²) in [4.78, 5) is 12.6. The molecule has 0 spiro atoms. The van der Waals surface area contributed by atoms with E-state index in [0.717, 1.165) is 5.56 Å². The molecular weight excluding hydrogens is 352 g/mol. The lowest BCUT2D eigenvalue weighted by Gasteiger charge is -2.21. The molecule has 2 aromatic rings. The van der Waals surface area contributed by atoms with Crippen molar-refractivity contribution in [2.75, 3.05) is 21.3 Å². The summed E-state index contributed by atoms with van der Waals surface area (Å²) in [6.45, 7) is 0. The number of hydrogen-bond acceptors (Lipinski definition) is 4. The Balaban J connectivity index is 1.76. The zero-order valence-corrected chi connectivity index (χ0v) is 16.9. The summed E-state index contributed by atoms with van der Waals surface area (Å²) in [6, 6.07) is 11.6. The Kier molecular flexibility index (Phi) is 6.75. The van der Waals surface area contributed by atoms with Crippen LogP contribution in [0.4, 0.5) is 0 Å². The molecule has 3 rings (SSSR count). The Hall–Kier alpha value is -2.75. The van der Waals surface area contributed by atoms with Gasteiger partial charge in [0.15, 0.2) is 17.3 Å². The average Bonchev–Trinajstić information content (AvgIpc) is 2.77. The Bertz CT molecular complexity index is 830. The molecule has 4 heteroatoms. The summed E-state index contributed by atoms with van der Waals surface area (Å²) in [5.41, 5.74) is 2.80. The quantitative estimate of drug-likeness (QED) is 0.459. The van der Waals surface area contributed by atoms with Crippen molar-refractivity contribution in [2.45, 2.75) is 38.0 Å². The van der Waals surface area contributed by atoms with Crippen LogP contribution in [0.25, 0.3) is 6.08 Å². The second-order valence-electron chi connectivity index (χ2n) is 7.10. The van der Waals surface area contributed by atoms with E-state index in [4.69, 9.17) is 14.2 Å². The van der Waals surface area contributed by atoms with Gasteiger partial charge in [-0.25, -0.2) is 0 Å². The molecule has 0 unspecified atom stereocenters. The first kappa shape index (κ1) is 20.0. The van der Waals surface area contributed by atoms with E-state index in [2.05, 4.69) is 12.1 Å². The van der Waals surface area contributed by atoms with Crippen LogP contribution in [0.1, 0.15) is 59.5 Å². The van der Waals surface area contributed by atoms with E-state index in [-0.39, 0.29) is 5.78 Å². The summed E-state index contributed by atoms with van der Waals surface area (Å²) in [7, 11) is 4.74. The molecule has 0 amide bonds. The fourth-order valence-corrected chi connectivity index (χ4v) is 3.80. The van der Waals surface area contributed by atoms with Crippen molar-refractivity contribution in [1.82, 2.24) is 0 Å². The van der Waals surface area contributed by atoms with Crippen LogP contribution in [0.5, 0.6) is 17.2 Å². The number of methoxy groups -OCH3 is 3. The molecule has 4 nitrogen and oxygen atoms in total. The van der Waals surface area contributed by atoms with Gasteiger partial charge in [-0.3, -0.25) is 4.79 Å². The summed E-state index contributed by atoms with van der Waals surface area (Å²) in [6.07, 6.45) is 9.79. The molecule has 0 heterocycles. The first-order valence-electron chi connectivity index (χ1n) is 9.78. The van der Waals surface area contributed by atoms with E-state index < -0.39 is 0 Å². The average molecular weight is 380 g/mol. The maximum atomic E-state index is 12.6. The monoisotopic (exact) mass is 380 g/mol. The van der Waals surface area contributed by atoms with Crippen molar-refractivity contribution in [3.63, 3.8) is 0 Å². The number of ketones is 1. The number of ether oxygens (including phenoxy) is 3. The number of carbonyl (C=O) groups excluding carboxylic acids is 1. The first-order valence-corrected chi connectivity index (χ1v) is 9.78. The predicted molar refractivity (Wildman–Crippen MR) is 112 cm³/mol. The van der Waals surface area contributed by atoms with Crippen LogP contribution in [0.2, 0.25) is 0 Å². The molecule has 0 radical (unpaired) electrons. The van der Waals surface area contributed by atoms with Crippen molar-refractivity contribution < 1.29 is 19.0 Å². The highest BCUT2D eigenvalue weighted by Crippen LogP contribution is 2.35. The molecule has 0 aromatic heterocycles. The number of carbonyl (C=O) groups is 1. The van der Waals surface area contributed by atoms with Gasteiger partial charge in [0, 0.05) is 17.2 Å². The maximum Gasteiger partial charge on any atom is 0.185 e. The molecule has 28 heavy (non-hydrogen) atoms. The topological polar surface area (TPSA) is 44.8 Å². The lowest BCUT2D eigenvalue weighted by atomic mass is 9.84. The van der Waals surface area contributed by atoms with Crippen LogP contribution < -0.4 is 14.2 Å². The minimum Gasteiger partial charge on any atom is -0.496 e. The SMILES string of the molecule is COc1cc(OC)c(OC)cc1/C=C/C(=O)c1ccc(C2CCCCC2)cc1. The van der Waals surface area contributed by atoms with Crippen LogP contribution in [-0.4, -0.2) is 27.1 Å². The van der Waals surface area contributed by atoms with Gasteiger partial charge in [-0.2, -0.15) is 0 Å². The van der Waals surface area contributed by atoms with E-state index in [1.54, 1.807) is 45.6 Å². The van der Waals surface area contributed by atoms with E-state index in [0.29, 0.717) is 28.7 Å². The summed E-state index contributed by atoms with van der Waals surface area (Å²) in [5.74, 6) is 2.40. The summed E-state index contributed by atoms with van der Waals surface area (Å²) >= 11 is 0. The summed E-state index contributed by atoms with van der Waals surface area (Å²) in [5, 5.41) is 0. The Labute approximate surface area is 167 Å². The van der Waals surface area contributed by atoms with Gasteiger partial charge in [-0.15, -0.1) is 0 Å². The fraction of sp³-hybridized carbons (Fsp3) is 0.375. The van der Waals surface area contributed by atoms with E-state index in [1.165, 1.54) is 37.7 Å². The molecular formula is C24H28O4. The normalized spacial score (nSPS) is 14.8. The lowest BCUT2D eigenvalue weighted by molar-refractivity contribution is 0.104. The molecule has 0 N–H and O–H groups in total. The van der Waals surface area contributed by atoms with Gasteiger partial charge in [-0.05, 0) is 42.5 Å². The molecule has 0 saturated heterocycles. The van der Waals surface area contributed by atoms with Crippen molar-refractivity contribution >= 4 is 11.9 Å². The third kappa shape index (κ3) is 4.56. The van der Waals surface area contributed by atoms with Gasteiger partial charge < -0.3 is 14.2 Å². The number of allylic oxidation sites excluding steroid dienone is 1. The zero-order valence-electron chi connectivity index (χ0n) is 16.9. The standard InChI is InChI=1S/C24H28O4/c1-26-22-16-24(28-3)23(27-2)15-20(22)13-14-21(25)19-11-9-18(10-12-19)17-7-5-4-6-8-17/h9-17H,4-8H2,1-3H3/b14-13+. The zero-order chi connectivity index (χ0) is 19.9. The Morgan fingerprint density at radius 3 is 2.07 bits per heavy atom. The van der Waals surface area contributed by atoms with Crippen LogP contribution in [0.15, 0.2) is 42.5 Å². The van der Waals surface area contributed by atoms with Gasteiger partial charge in [0.1, 0.15) is 5.75 Å². The van der Waals surface area contributed by atoms with Crippen molar-refractivity contribution in [2.24, 2.45) is 0 Å². The molecule has 148 valence electrons. The first-order chi connectivity index (χ1) is 13.7. The van der Waals surface area contributed by atoms with Crippen LogP contribution >= 0.6 is 0 Å². The van der Waals surface area contributed by atoms with Crippen molar-refractivity contribution in [3.05, 3.63) is 59.2 Å². The predicted octanol–water partition coefficient (Wildman–Crippen LogP) is 5.66. The largest absolute Gasteiger partial charge is 0.496 e. The van der Waals surface area contributed by atoms with Gasteiger partial charge in [0.05, 0.1) is 21.3 Å². The molecule has 0 atom stereocenters. The highest BCUT2D eigenvalue weighted by Gasteiger charge is 2.16. The molecule has 0 aliphatic heterocycles. The van der Waals surface area contributed by atoms with Gasteiger partial charge in [0.25, 0.3) is 0 Å². The molecule has 1 fully saturated rings. The Morgan fingerprint density at radius 1 is 0.857 bits per heavy atom. The third-order valence-electron chi connectivity index (χ3n) is 5.42. The highest BCUT2D eigenvalue weighted by molar-refractivity contribution is 6.07. The van der Waals surface area contributed by atoms with Crippen LogP contribution in [0.3, 0.4) is 0 Å². The van der Waals surface area contributed by atoms with E-state index in [9.17, 15) is 4.79 Å². The minimum atomic E-state index is -0.0352. The molecule has 0 bridgehead atoms. The van der Waals surface area contributed by atoms with E-state index in [1.807, 2.05) is 12.1 Å². The van der Waals surface area contributed by atoms with E-state index >= 15 is 0 Å². The van der Waals surface area contributed by atoms with Crippen LogP contribution in [-0.2, 0) is 0 Å². The molecule has 2 aromatic carbocycles. The van der Waals surface area contributed by atoms with Gasteiger partial charge in [-0.1, -0.05) is 43.5 Å². The maximum absolute atomic E-state index is 12.6.